The molecule has 24 heavy (non-hydrogen) atoms. The first kappa shape index (κ1) is 17.0. The minimum absolute atomic E-state index is 0.0336. The molecule has 0 aliphatic heterocycles. The van der Waals surface area contributed by atoms with Crippen molar-refractivity contribution >= 4 is 44.5 Å². The quantitative estimate of drug-likeness (QED) is 0.641. The highest BCUT2D eigenvalue weighted by molar-refractivity contribution is 9.10. The molecule has 0 fully saturated rings. The maximum Gasteiger partial charge on any atom is 0.240 e. The van der Waals surface area contributed by atoms with Crippen molar-refractivity contribution < 1.29 is 4.79 Å². The number of benzene rings is 1. The molecule has 0 spiro atoms. The van der Waals surface area contributed by atoms with Crippen LogP contribution in [0.15, 0.2) is 47.1 Å². The van der Waals surface area contributed by atoms with Gasteiger partial charge in [-0.25, -0.2) is 4.98 Å². The molecule has 0 unspecified atom stereocenters. The van der Waals surface area contributed by atoms with E-state index >= 15 is 0 Å². The summed E-state index contributed by atoms with van der Waals surface area (Å²) in [7, 11) is 0. The molecule has 0 aliphatic rings. The van der Waals surface area contributed by atoms with Gasteiger partial charge in [-0.3, -0.25) is 4.79 Å². The summed E-state index contributed by atoms with van der Waals surface area (Å²) >= 11 is 9.53. The van der Waals surface area contributed by atoms with E-state index in [1.807, 2.05) is 60.9 Å². The standard InChI is InChI=1S/C18H17BrClN3O/c1-11(2)21-18(24)10-23-15-6-7-17(19)22-14(15)9-16(23)12-4-3-5-13(20)8-12/h3-9,11H,10H2,1-2H3,(H,21,24). The third-order valence-corrected chi connectivity index (χ3v) is 4.27. The zero-order valence-electron chi connectivity index (χ0n) is 13.4. The Labute approximate surface area is 154 Å². The lowest BCUT2D eigenvalue weighted by Gasteiger charge is -2.13. The normalized spacial score (nSPS) is 11.2. The van der Waals surface area contributed by atoms with Crippen LogP contribution in [0.1, 0.15) is 13.8 Å². The molecule has 0 aliphatic carbocycles. The highest BCUT2D eigenvalue weighted by Gasteiger charge is 2.15. The van der Waals surface area contributed by atoms with E-state index in [4.69, 9.17) is 11.6 Å². The maximum atomic E-state index is 12.3. The van der Waals surface area contributed by atoms with Gasteiger partial charge in [0, 0.05) is 11.1 Å². The fourth-order valence-electron chi connectivity index (χ4n) is 2.68. The average Bonchev–Trinajstić information content (AvgIpc) is 2.84. The first-order valence-electron chi connectivity index (χ1n) is 7.65. The van der Waals surface area contributed by atoms with E-state index in [-0.39, 0.29) is 18.5 Å². The van der Waals surface area contributed by atoms with Crippen molar-refractivity contribution in [2.45, 2.75) is 26.4 Å². The van der Waals surface area contributed by atoms with E-state index in [1.54, 1.807) is 0 Å². The van der Waals surface area contributed by atoms with Crippen LogP contribution in [0.5, 0.6) is 0 Å². The van der Waals surface area contributed by atoms with Gasteiger partial charge in [0.1, 0.15) is 11.1 Å². The Morgan fingerprint density at radius 2 is 2.08 bits per heavy atom. The number of hydrogen-bond acceptors (Lipinski definition) is 2. The summed E-state index contributed by atoms with van der Waals surface area (Å²) in [6, 6.07) is 13.5. The molecule has 0 saturated carbocycles. The number of carbonyl (C=O) groups excluding carboxylic acids is 1. The minimum Gasteiger partial charge on any atom is -0.352 e. The van der Waals surface area contributed by atoms with Crippen molar-refractivity contribution in [3.63, 3.8) is 0 Å². The lowest BCUT2D eigenvalue weighted by atomic mass is 10.1. The summed E-state index contributed by atoms with van der Waals surface area (Å²) in [4.78, 5) is 16.8. The smallest absolute Gasteiger partial charge is 0.240 e. The van der Waals surface area contributed by atoms with Gasteiger partial charge in [0.05, 0.1) is 16.7 Å². The van der Waals surface area contributed by atoms with Gasteiger partial charge in [0.15, 0.2) is 0 Å². The van der Waals surface area contributed by atoms with Gasteiger partial charge in [-0.2, -0.15) is 0 Å². The van der Waals surface area contributed by atoms with Crippen LogP contribution in [0, 0.1) is 0 Å². The van der Waals surface area contributed by atoms with E-state index in [9.17, 15) is 4.79 Å². The predicted molar refractivity (Wildman–Crippen MR) is 101 cm³/mol. The number of halogens is 2. The number of carbonyl (C=O) groups is 1. The zero-order chi connectivity index (χ0) is 17.3. The van der Waals surface area contributed by atoms with Crippen LogP contribution in [0.4, 0.5) is 0 Å². The Balaban J connectivity index is 2.13. The topological polar surface area (TPSA) is 46.9 Å². The Hall–Kier alpha value is -1.85. The first-order valence-corrected chi connectivity index (χ1v) is 8.82. The van der Waals surface area contributed by atoms with Crippen molar-refractivity contribution in [2.75, 3.05) is 0 Å². The highest BCUT2D eigenvalue weighted by atomic mass is 79.9. The molecule has 1 aromatic carbocycles. The molecule has 1 N–H and O–H groups in total. The van der Waals surface area contributed by atoms with E-state index in [2.05, 4.69) is 26.2 Å². The second kappa shape index (κ2) is 6.95. The molecule has 2 heterocycles. The third kappa shape index (κ3) is 3.62. The average molecular weight is 407 g/mol. The van der Waals surface area contributed by atoms with Gasteiger partial charge in [0.2, 0.25) is 5.91 Å². The highest BCUT2D eigenvalue weighted by Crippen LogP contribution is 2.29. The second-order valence-corrected chi connectivity index (χ2v) is 7.14. The first-order chi connectivity index (χ1) is 11.4. The van der Waals surface area contributed by atoms with Crippen LogP contribution in [0.3, 0.4) is 0 Å². The number of fused-ring (bicyclic) bond motifs is 1. The van der Waals surface area contributed by atoms with Gasteiger partial charge in [-0.05, 0) is 65.7 Å². The molecular formula is C18H17BrClN3O. The molecule has 0 bridgehead atoms. The van der Waals surface area contributed by atoms with Crippen molar-refractivity contribution in [3.05, 3.63) is 52.1 Å². The summed E-state index contributed by atoms with van der Waals surface area (Å²) in [6.07, 6.45) is 0. The number of nitrogens with zero attached hydrogens (tertiary/aromatic N) is 2. The summed E-state index contributed by atoms with van der Waals surface area (Å²) in [5, 5.41) is 3.59. The minimum atomic E-state index is -0.0336. The van der Waals surface area contributed by atoms with Crippen LogP contribution in [0.2, 0.25) is 5.02 Å². The van der Waals surface area contributed by atoms with E-state index in [0.29, 0.717) is 5.02 Å². The molecule has 6 heteroatoms. The third-order valence-electron chi connectivity index (χ3n) is 3.60. The fourth-order valence-corrected chi connectivity index (χ4v) is 3.20. The number of pyridine rings is 1. The molecular weight excluding hydrogens is 390 g/mol. The van der Waals surface area contributed by atoms with Crippen LogP contribution >= 0.6 is 27.5 Å². The SMILES string of the molecule is CC(C)NC(=O)Cn1c(-c2cccc(Cl)c2)cc2nc(Br)ccc21. The lowest BCUT2D eigenvalue weighted by Crippen LogP contribution is -2.33. The Kier molecular flexibility index (Phi) is 4.92. The molecule has 3 aromatic rings. The number of hydrogen-bond donors (Lipinski definition) is 1. The number of nitrogens with one attached hydrogen (secondary N) is 1. The molecule has 4 nitrogen and oxygen atoms in total. The molecule has 1 amide bonds. The summed E-state index contributed by atoms with van der Waals surface area (Å²) in [5.74, 6) is -0.0336. The maximum absolute atomic E-state index is 12.3. The molecule has 0 atom stereocenters. The lowest BCUT2D eigenvalue weighted by molar-refractivity contribution is -0.122. The Morgan fingerprint density at radius 1 is 1.29 bits per heavy atom. The predicted octanol–water partition coefficient (Wildman–Crippen LogP) is 4.64. The van der Waals surface area contributed by atoms with Gasteiger partial charge < -0.3 is 9.88 Å². The largest absolute Gasteiger partial charge is 0.352 e. The van der Waals surface area contributed by atoms with Gasteiger partial charge in [0.25, 0.3) is 0 Å². The molecule has 0 radical (unpaired) electrons. The van der Waals surface area contributed by atoms with E-state index in [1.165, 1.54) is 0 Å². The summed E-state index contributed by atoms with van der Waals surface area (Å²) in [5.41, 5.74) is 3.61. The fraction of sp³-hybridized carbons (Fsp3) is 0.222. The molecule has 124 valence electrons. The van der Waals surface area contributed by atoms with Crippen LogP contribution < -0.4 is 5.32 Å². The van der Waals surface area contributed by atoms with Crippen molar-refractivity contribution in [1.82, 2.24) is 14.9 Å². The molecule has 0 saturated heterocycles. The van der Waals surface area contributed by atoms with Gasteiger partial charge in [-0.1, -0.05) is 23.7 Å². The van der Waals surface area contributed by atoms with Gasteiger partial charge >= 0.3 is 0 Å². The van der Waals surface area contributed by atoms with Crippen molar-refractivity contribution in [2.24, 2.45) is 0 Å². The second-order valence-electron chi connectivity index (χ2n) is 5.89. The Morgan fingerprint density at radius 3 is 2.79 bits per heavy atom. The summed E-state index contributed by atoms with van der Waals surface area (Å²) < 4.78 is 2.73. The van der Waals surface area contributed by atoms with Gasteiger partial charge in [-0.15, -0.1) is 0 Å². The number of amides is 1. The van der Waals surface area contributed by atoms with Crippen LogP contribution in [-0.2, 0) is 11.3 Å². The molecule has 3 rings (SSSR count). The number of aromatic nitrogens is 2. The molecule has 2 aromatic heterocycles. The van der Waals surface area contributed by atoms with Crippen molar-refractivity contribution in [3.8, 4) is 11.3 Å². The van der Waals surface area contributed by atoms with E-state index in [0.717, 1.165) is 26.9 Å². The van der Waals surface area contributed by atoms with Crippen LogP contribution in [-0.4, -0.2) is 21.5 Å². The van der Waals surface area contributed by atoms with E-state index < -0.39 is 0 Å². The summed E-state index contributed by atoms with van der Waals surface area (Å²) in [6.45, 7) is 4.12. The van der Waals surface area contributed by atoms with Crippen LogP contribution in [0.25, 0.3) is 22.3 Å². The van der Waals surface area contributed by atoms with Crippen molar-refractivity contribution in [1.29, 1.82) is 0 Å². The Bertz CT molecular complexity index is 904. The number of rotatable bonds is 4. The monoisotopic (exact) mass is 405 g/mol. The zero-order valence-corrected chi connectivity index (χ0v) is 15.7.